The maximum atomic E-state index is 5.95. The van der Waals surface area contributed by atoms with Gasteiger partial charge in [-0.15, -0.1) is 0 Å². The average molecular weight is 378 g/mol. The summed E-state index contributed by atoms with van der Waals surface area (Å²) in [5.74, 6) is 1.29. The van der Waals surface area contributed by atoms with Crippen molar-refractivity contribution in [3.8, 4) is 17.1 Å². The maximum Gasteiger partial charge on any atom is 0.162 e. The van der Waals surface area contributed by atoms with Gasteiger partial charge in [0.15, 0.2) is 5.82 Å². The molecule has 1 heterocycles. The molecule has 0 bridgehead atoms. The summed E-state index contributed by atoms with van der Waals surface area (Å²) < 4.78 is 6.72. The van der Waals surface area contributed by atoms with Gasteiger partial charge in [0.05, 0.1) is 11.6 Å². The van der Waals surface area contributed by atoms with Crippen molar-refractivity contribution in [2.45, 2.75) is 0 Å². The summed E-state index contributed by atoms with van der Waals surface area (Å²) in [6, 6.07) is 5.59. The number of halogens is 3. The van der Waals surface area contributed by atoms with Crippen LogP contribution in [0.25, 0.3) is 11.4 Å². The van der Waals surface area contributed by atoms with Crippen LogP contribution in [0.1, 0.15) is 0 Å². The standard InChI is InChI=1S/C11H7Br2ClN2O/c1-17-6-2-3-8(12)7(4-6)11-15-5-9(13)10(14)16-11/h2-5H,1H3. The molecule has 2 aromatic rings. The molecule has 0 aliphatic carbocycles. The minimum absolute atomic E-state index is 0.379. The van der Waals surface area contributed by atoms with Crippen molar-refractivity contribution in [2.75, 3.05) is 7.11 Å². The molecule has 0 saturated carbocycles. The van der Waals surface area contributed by atoms with Crippen molar-refractivity contribution in [3.05, 3.63) is 38.5 Å². The minimum Gasteiger partial charge on any atom is -0.497 e. The minimum atomic E-state index is 0.379. The molecule has 1 aromatic heterocycles. The number of hydrogen-bond donors (Lipinski definition) is 0. The topological polar surface area (TPSA) is 35.0 Å². The highest BCUT2D eigenvalue weighted by Crippen LogP contribution is 2.31. The zero-order valence-electron chi connectivity index (χ0n) is 8.75. The first-order chi connectivity index (χ1) is 8.11. The Labute approximate surface area is 120 Å². The number of ether oxygens (including phenoxy) is 1. The van der Waals surface area contributed by atoms with Crippen LogP contribution in [0.15, 0.2) is 33.3 Å². The van der Waals surface area contributed by atoms with E-state index in [1.165, 1.54) is 0 Å². The molecular formula is C11H7Br2ClN2O. The third-order valence-corrected chi connectivity index (χ3v) is 3.90. The fourth-order valence-electron chi connectivity index (χ4n) is 1.28. The van der Waals surface area contributed by atoms with Crippen LogP contribution >= 0.6 is 43.5 Å². The van der Waals surface area contributed by atoms with Gasteiger partial charge < -0.3 is 4.74 Å². The van der Waals surface area contributed by atoms with Crippen LogP contribution in [0.3, 0.4) is 0 Å². The van der Waals surface area contributed by atoms with Crippen molar-refractivity contribution in [2.24, 2.45) is 0 Å². The van der Waals surface area contributed by atoms with Gasteiger partial charge in [0, 0.05) is 16.2 Å². The monoisotopic (exact) mass is 376 g/mol. The van der Waals surface area contributed by atoms with Crippen LogP contribution in [-0.2, 0) is 0 Å². The van der Waals surface area contributed by atoms with Crippen LogP contribution in [0.2, 0.25) is 5.15 Å². The van der Waals surface area contributed by atoms with E-state index in [-0.39, 0.29) is 0 Å². The van der Waals surface area contributed by atoms with Gasteiger partial charge in [-0.1, -0.05) is 27.5 Å². The lowest BCUT2D eigenvalue weighted by Crippen LogP contribution is -1.92. The van der Waals surface area contributed by atoms with Crippen LogP contribution in [0.5, 0.6) is 5.75 Å². The predicted octanol–water partition coefficient (Wildman–Crippen LogP) is 4.33. The van der Waals surface area contributed by atoms with Gasteiger partial charge in [0.2, 0.25) is 0 Å². The molecule has 6 heteroatoms. The second-order valence-corrected chi connectivity index (χ2v) is 5.24. The van der Waals surface area contributed by atoms with Crippen LogP contribution in [0.4, 0.5) is 0 Å². The van der Waals surface area contributed by atoms with E-state index in [2.05, 4.69) is 41.8 Å². The molecule has 0 amide bonds. The second-order valence-electron chi connectivity index (χ2n) is 3.18. The number of aromatic nitrogens is 2. The van der Waals surface area contributed by atoms with Crippen LogP contribution < -0.4 is 4.74 Å². The van der Waals surface area contributed by atoms with Gasteiger partial charge >= 0.3 is 0 Å². The van der Waals surface area contributed by atoms with Crippen molar-refractivity contribution in [3.63, 3.8) is 0 Å². The van der Waals surface area contributed by atoms with Gasteiger partial charge in [-0.2, -0.15) is 0 Å². The van der Waals surface area contributed by atoms with E-state index in [1.807, 2.05) is 18.2 Å². The van der Waals surface area contributed by atoms with E-state index in [0.717, 1.165) is 15.8 Å². The van der Waals surface area contributed by atoms with Gasteiger partial charge in [-0.25, -0.2) is 9.97 Å². The molecule has 0 saturated heterocycles. The van der Waals surface area contributed by atoms with Gasteiger partial charge in [-0.3, -0.25) is 0 Å². The van der Waals surface area contributed by atoms with E-state index >= 15 is 0 Å². The highest BCUT2D eigenvalue weighted by Gasteiger charge is 2.10. The average Bonchev–Trinajstić information content (AvgIpc) is 2.33. The van der Waals surface area contributed by atoms with Gasteiger partial charge in [0.1, 0.15) is 10.9 Å². The Balaban J connectivity index is 2.55. The first-order valence-electron chi connectivity index (χ1n) is 4.64. The van der Waals surface area contributed by atoms with Gasteiger partial charge in [0.25, 0.3) is 0 Å². The van der Waals surface area contributed by atoms with Crippen molar-refractivity contribution in [1.29, 1.82) is 0 Å². The molecule has 0 fully saturated rings. The largest absolute Gasteiger partial charge is 0.497 e. The van der Waals surface area contributed by atoms with E-state index in [0.29, 0.717) is 15.5 Å². The molecule has 0 unspecified atom stereocenters. The third-order valence-electron chi connectivity index (χ3n) is 2.12. The Hall–Kier alpha value is -0.650. The van der Waals surface area contributed by atoms with E-state index in [1.54, 1.807) is 13.3 Å². The summed E-state index contributed by atoms with van der Waals surface area (Å²) >= 11 is 12.6. The molecule has 17 heavy (non-hydrogen) atoms. The summed E-state index contributed by atoms with van der Waals surface area (Å²) in [6.45, 7) is 0. The number of hydrogen-bond acceptors (Lipinski definition) is 3. The number of rotatable bonds is 2. The number of benzene rings is 1. The smallest absolute Gasteiger partial charge is 0.162 e. The Bertz CT molecular complexity index is 563. The zero-order valence-corrected chi connectivity index (χ0v) is 12.7. The SMILES string of the molecule is COc1ccc(Br)c(-c2ncc(Br)c(Cl)n2)c1. The first-order valence-corrected chi connectivity index (χ1v) is 6.60. The molecule has 0 aliphatic rings. The molecule has 2 rings (SSSR count). The van der Waals surface area contributed by atoms with E-state index in [9.17, 15) is 0 Å². The lowest BCUT2D eigenvalue weighted by atomic mass is 10.2. The fourth-order valence-corrected chi connectivity index (χ4v) is 2.02. The molecule has 1 aromatic carbocycles. The molecule has 0 spiro atoms. The maximum absolute atomic E-state index is 5.95. The molecule has 0 aliphatic heterocycles. The lowest BCUT2D eigenvalue weighted by molar-refractivity contribution is 0.415. The summed E-state index contributed by atoms with van der Waals surface area (Å²) in [7, 11) is 1.61. The Morgan fingerprint density at radius 1 is 1.24 bits per heavy atom. The molecule has 88 valence electrons. The Morgan fingerprint density at radius 2 is 2.00 bits per heavy atom. The normalized spacial score (nSPS) is 10.4. The van der Waals surface area contributed by atoms with Gasteiger partial charge in [-0.05, 0) is 34.1 Å². The van der Waals surface area contributed by atoms with Crippen molar-refractivity contribution >= 4 is 43.5 Å². The number of methoxy groups -OCH3 is 1. The molecule has 0 N–H and O–H groups in total. The van der Waals surface area contributed by atoms with Crippen LogP contribution in [-0.4, -0.2) is 17.1 Å². The van der Waals surface area contributed by atoms with Crippen LogP contribution in [0, 0.1) is 0 Å². The molecule has 0 radical (unpaired) electrons. The Morgan fingerprint density at radius 3 is 2.65 bits per heavy atom. The first kappa shape index (κ1) is 12.8. The fraction of sp³-hybridized carbons (Fsp3) is 0.0909. The highest BCUT2D eigenvalue weighted by atomic mass is 79.9. The summed E-state index contributed by atoms with van der Waals surface area (Å²) in [5, 5.41) is 0.379. The summed E-state index contributed by atoms with van der Waals surface area (Å²) in [4.78, 5) is 8.42. The van der Waals surface area contributed by atoms with Crippen molar-refractivity contribution < 1.29 is 4.74 Å². The number of nitrogens with zero attached hydrogens (tertiary/aromatic N) is 2. The molecular weight excluding hydrogens is 371 g/mol. The highest BCUT2D eigenvalue weighted by molar-refractivity contribution is 9.11. The lowest BCUT2D eigenvalue weighted by Gasteiger charge is -2.06. The third kappa shape index (κ3) is 2.78. The molecule has 3 nitrogen and oxygen atoms in total. The quantitative estimate of drug-likeness (QED) is 0.730. The zero-order chi connectivity index (χ0) is 12.4. The molecule has 0 atom stereocenters. The second kappa shape index (κ2) is 5.33. The predicted molar refractivity (Wildman–Crippen MR) is 74.4 cm³/mol. The van der Waals surface area contributed by atoms with Crippen molar-refractivity contribution in [1.82, 2.24) is 9.97 Å². The summed E-state index contributed by atoms with van der Waals surface area (Å²) in [5.41, 5.74) is 0.832. The van der Waals surface area contributed by atoms with E-state index in [4.69, 9.17) is 16.3 Å². The van der Waals surface area contributed by atoms with E-state index < -0.39 is 0 Å². The Kier molecular flexibility index (Phi) is 4.01. The summed E-state index contributed by atoms with van der Waals surface area (Å²) in [6.07, 6.45) is 1.62.